The molecule has 3 N–H and O–H groups in total. The van der Waals surface area contributed by atoms with Gasteiger partial charge in [-0.3, -0.25) is 0 Å². The Morgan fingerprint density at radius 1 is 1.44 bits per heavy atom. The zero-order chi connectivity index (χ0) is 13.1. The second-order valence-electron chi connectivity index (χ2n) is 4.11. The van der Waals surface area contributed by atoms with Crippen molar-refractivity contribution >= 4 is 16.9 Å². The fraction of sp³-hybridized carbons (Fsp3) is 0.214. The number of carbonyl (C=O) groups excluding carboxylic acids is 1. The summed E-state index contributed by atoms with van der Waals surface area (Å²) in [6.45, 7) is 3.99. The van der Waals surface area contributed by atoms with E-state index in [0.29, 0.717) is 17.9 Å². The molecule has 0 amide bonds. The molecule has 0 spiro atoms. The van der Waals surface area contributed by atoms with Crippen molar-refractivity contribution in [1.29, 1.82) is 0 Å². The van der Waals surface area contributed by atoms with Crippen molar-refractivity contribution < 1.29 is 9.53 Å². The van der Waals surface area contributed by atoms with E-state index in [2.05, 4.69) is 4.98 Å². The first-order valence-corrected chi connectivity index (χ1v) is 5.81. The molecule has 0 unspecified atom stereocenters. The van der Waals surface area contributed by atoms with Crippen LogP contribution in [-0.2, 0) is 11.3 Å². The Hall–Kier alpha value is -2.07. The van der Waals surface area contributed by atoms with Crippen molar-refractivity contribution in [3.05, 3.63) is 41.6 Å². The van der Waals surface area contributed by atoms with Crippen LogP contribution in [0.2, 0.25) is 0 Å². The smallest absolute Gasteiger partial charge is 0.338 e. The molecule has 2 rings (SSSR count). The van der Waals surface area contributed by atoms with E-state index < -0.39 is 0 Å². The van der Waals surface area contributed by atoms with Crippen LogP contribution >= 0.6 is 0 Å². The fourth-order valence-electron chi connectivity index (χ4n) is 1.65. The minimum atomic E-state index is -0.327. The summed E-state index contributed by atoms with van der Waals surface area (Å²) in [5, 5.41) is 0.985. The molecule has 94 valence electrons. The highest BCUT2D eigenvalue weighted by atomic mass is 16.5. The maximum absolute atomic E-state index is 11.6. The van der Waals surface area contributed by atoms with Gasteiger partial charge in [-0.25, -0.2) is 4.79 Å². The quantitative estimate of drug-likeness (QED) is 0.495. The van der Waals surface area contributed by atoms with Crippen molar-refractivity contribution in [3.63, 3.8) is 0 Å². The highest BCUT2D eigenvalue weighted by Crippen LogP contribution is 2.22. The standard InChI is InChI=1S/C14H16N2O2/c1-3-9(2)14(17)18-12-4-5-13-10(7-12)6-11(8-15)16-13/h3-7,16H,8,15H2,1-2H3/b9-3+. The van der Waals surface area contributed by atoms with Gasteiger partial charge in [0.1, 0.15) is 5.75 Å². The van der Waals surface area contributed by atoms with E-state index in [-0.39, 0.29) is 5.97 Å². The lowest BCUT2D eigenvalue weighted by Gasteiger charge is -2.03. The summed E-state index contributed by atoms with van der Waals surface area (Å²) in [5.41, 5.74) is 8.10. The predicted octanol–water partition coefficient (Wildman–Crippen LogP) is 2.50. The number of rotatable bonds is 3. The molecule has 0 aliphatic rings. The number of esters is 1. The zero-order valence-corrected chi connectivity index (χ0v) is 10.5. The Morgan fingerprint density at radius 2 is 2.22 bits per heavy atom. The van der Waals surface area contributed by atoms with Crippen LogP contribution in [0, 0.1) is 0 Å². The maximum atomic E-state index is 11.6. The molecule has 18 heavy (non-hydrogen) atoms. The third-order valence-corrected chi connectivity index (χ3v) is 2.83. The molecule has 1 heterocycles. The molecule has 0 bridgehead atoms. The number of H-pyrrole nitrogens is 1. The van der Waals surface area contributed by atoms with Crippen LogP contribution in [0.5, 0.6) is 5.75 Å². The molecule has 0 aliphatic carbocycles. The fourth-order valence-corrected chi connectivity index (χ4v) is 1.65. The first-order chi connectivity index (χ1) is 8.63. The lowest BCUT2D eigenvalue weighted by atomic mass is 10.2. The normalized spacial score (nSPS) is 11.8. The molecular weight excluding hydrogens is 228 g/mol. The number of benzene rings is 1. The molecule has 0 saturated carbocycles. The number of hydrogen-bond acceptors (Lipinski definition) is 3. The topological polar surface area (TPSA) is 68.1 Å². The van der Waals surface area contributed by atoms with Crippen LogP contribution < -0.4 is 10.5 Å². The van der Waals surface area contributed by atoms with Crippen LogP contribution in [0.1, 0.15) is 19.5 Å². The predicted molar refractivity (Wildman–Crippen MR) is 71.3 cm³/mol. The molecule has 0 aliphatic heterocycles. The summed E-state index contributed by atoms with van der Waals surface area (Å²) < 4.78 is 5.27. The van der Waals surface area contributed by atoms with Crippen LogP contribution in [0.15, 0.2) is 35.9 Å². The Bertz CT molecular complexity index is 611. The minimum Gasteiger partial charge on any atom is -0.423 e. The molecule has 4 nitrogen and oxygen atoms in total. The number of allylic oxidation sites excluding steroid dienone is 1. The molecule has 0 fully saturated rings. The van der Waals surface area contributed by atoms with Gasteiger partial charge in [-0.15, -0.1) is 0 Å². The summed E-state index contributed by atoms with van der Waals surface area (Å²) in [5.74, 6) is 0.211. The van der Waals surface area contributed by atoms with Crippen molar-refractivity contribution in [2.24, 2.45) is 5.73 Å². The maximum Gasteiger partial charge on any atom is 0.338 e. The number of ether oxygens (including phenoxy) is 1. The molecule has 0 atom stereocenters. The molecule has 1 aromatic heterocycles. The van der Waals surface area contributed by atoms with Crippen molar-refractivity contribution in [2.45, 2.75) is 20.4 Å². The summed E-state index contributed by atoms with van der Waals surface area (Å²) in [6.07, 6.45) is 1.73. The SMILES string of the molecule is C/C=C(\C)C(=O)Oc1ccc2[nH]c(CN)cc2c1. The van der Waals surface area contributed by atoms with Crippen molar-refractivity contribution in [3.8, 4) is 5.75 Å². The van der Waals surface area contributed by atoms with Crippen molar-refractivity contribution in [1.82, 2.24) is 4.98 Å². The Morgan fingerprint density at radius 3 is 2.89 bits per heavy atom. The number of carbonyl (C=O) groups is 1. The second kappa shape index (κ2) is 5.06. The van der Waals surface area contributed by atoms with Gasteiger partial charge in [0.15, 0.2) is 0 Å². The molecular formula is C14H16N2O2. The van der Waals surface area contributed by atoms with Crippen LogP contribution in [0.4, 0.5) is 0 Å². The first kappa shape index (κ1) is 12.4. The number of nitrogens with two attached hydrogens (primary N) is 1. The van der Waals surface area contributed by atoms with Gasteiger partial charge in [-0.05, 0) is 38.1 Å². The lowest BCUT2D eigenvalue weighted by Crippen LogP contribution is -2.08. The van der Waals surface area contributed by atoms with Crippen LogP contribution in [-0.4, -0.2) is 11.0 Å². The van der Waals surface area contributed by atoms with E-state index in [1.165, 1.54) is 0 Å². The van der Waals surface area contributed by atoms with Crippen LogP contribution in [0.3, 0.4) is 0 Å². The third-order valence-electron chi connectivity index (χ3n) is 2.83. The number of fused-ring (bicyclic) bond motifs is 1. The van der Waals surface area contributed by atoms with Gasteiger partial charge in [-0.1, -0.05) is 6.08 Å². The first-order valence-electron chi connectivity index (χ1n) is 5.81. The van der Waals surface area contributed by atoms with Crippen LogP contribution in [0.25, 0.3) is 10.9 Å². The lowest BCUT2D eigenvalue weighted by molar-refractivity contribution is -0.130. The monoisotopic (exact) mass is 244 g/mol. The summed E-state index contributed by atoms with van der Waals surface area (Å²) in [4.78, 5) is 14.8. The van der Waals surface area contributed by atoms with Gasteiger partial charge in [0.2, 0.25) is 0 Å². The highest BCUT2D eigenvalue weighted by molar-refractivity contribution is 5.90. The third kappa shape index (κ3) is 2.43. The van der Waals surface area contributed by atoms with E-state index in [4.69, 9.17) is 10.5 Å². The van der Waals surface area contributed by atoms with Crippen molar-refractivity contribution in [2.75, 3.05) is 0 Å². The van der Waals surface area contributed by atoms with E-state index >= 15 is 0 Å². The molecule has 1 aromatic carbocycles. The number of aromatic amines is 1. The second-order valence-corrected chi connectivity index (χ2v) is 4.11. The zero-order valence-electron chi connectivity index (χ0n) is 10.5. The van der Waals surface area contributed by atoms with E-state index in [0.717, 1.165) is 16.6 Å². The largest absolute Gasteiger partial charge is 0.423 e. The molecule has 2 aromatic rings. The van der Waals surface area contributed by atoms with E-state index in [9.17, 15) is 4.79 Å². The van der Waals surface area contributed by atoms with Gasteiger partial charge in [0, 0.05) is 28.7 Å². The Labute approximate surface area is 105 Å². The summed E-state index contributed by atoms with van der Waals surface area (Å²) in [7, 11) is 0. The molecule has 0 saturated heterocycles. The minimum absolute atomic E-state index is 0.327. The van der Waals surface area contributed by atoms with Gasteiger partial charge in [0.05, 0.1) is 0 Å². The average Bonchev–Trinajstić information content (AvgIpc) is 2.79. The Kier molecular flexibility index (Phi) is 3.48. The number of aromatic nitrogens is 1. The highest BCUT2D eigenvalue weighted by Gasteiger charge is 2.07. The van der Waals surface area contributed by atoms with Gasteiger partial charge in [0.25, 0.3) is 0 Å². The molecule has 0 radical (unpaired) electrons. The van der Waals surface area contributed by atoms with Gasteiger partial charge in [-0.2, -0.15) is 0 Å². The van der Waals surface area contributed by atoms with Gasteiger partial charge >= 0.3 is 5.97 Å². The number of hydrogen-bond donors (Lipinski definition) is 2. The molecule has 4 heteroatoms. The average molecular weight is 244 g/mol. The number of nitrogens with one attached hydrogen (secondary N) is 1. The van der Waals surface area contributed by atoms with E-state index in [1.807, 2.05) is 18.2 Å². The van der Waals surface area contributed by atoms with Gasteiger partial charge < -0.3 is 15.5 Å². The van der Waals surface area contributed by atoms with E-state index in [1.54, 1.807) is 26.0 Å². The summed E-state index contributed by atoms with van der Waals surface area (Å²) >= 11 is 0. The Balaban J connectivity index is 2.27. The summed E-state index contributed by atoms with van der Waals surface area (Å²) in [6, 6.07) is 7.42.